The molecule has 3 saturated heterocycles. The maximum absolute atomic E-state index is 9.54. The number of rotatable bonds is 0. The van der Waals surface area contributed by atoms with Gasteiger partial charge in [0.1, 0.15) is 36.6 Å². The van der Waals surface area contributed by atoms with E-state index in [2.05, 4.69) is 0 Å². The molecule has 1 aliphatic carbocycles. The largest absolute Gasteiger partial charge is 0.387 e. The highest BCUT2D eigenvalue weighted by Gasteiger charge is 2.60. The van der Waals surface area contributed by atoms with E-state index < -0.39 is 43.1 Å². The van der Waals surface area contributed by atoms with E-state index >= 15 is 0 Å². The van der Waals surface area contributed by atoms with Gasteiger partial charge in [0.2, 0.25) is 0 Å². The lowest BCUT2D eigenvalue weighted by atomic mass is 9.83. The number of aliphatic hydroxyl groups is 3. The molecule has 0 amide bonds. The Kier molecular flexibility index (Phi) is 1.50. The standard InChI is InChI=1S/C7H10O6/c8-1-4-2(9)6-3(10)5(1)12-7(11-4)13-6/h1-10H/t1-,2?,3?,4-,5?,6+,7?/m1/s1. The molecular weight excluding hydrogens is 180 g/mol. The third-order valence-corrected chi connectivity index (χ3v) is 2.82. The van der Waals surface area contributed by atoms with Gasteiger partial charge in [0, 0.05) is 0 Å². The van der Waals surface area contributed by atoms with Crippen LogP contribution in [0, 0.1) is 0 Å². The highest BCUT2D eigenvalue weighted by atomic mass is 16.9. The van der Waals surface area contributed by atoms with Crippen molar-refractivity contribution in [2.75, 3.05) is 0 Å². The second-order valence-corrected chi connectivity index (χ2v) is 3.56. The van der Waals surface area contributed by atoms with Crippen LogP contribution in [0.15, 0.2) is 0 Å². The molecule has 0 spiro atoms. The van der Waals surface area contributed by atoms with Crippen molar-refractivity contribution in [1.82, 2.24) is 0 Å². The van der Waals surface area contributed by atoms with Gasteiger partial charge in [-0.25, -0.2) is 0 Å². The summed E-state index contributed by atoms with van der Waals surface area (Å²) in [6.07, 6.45) is -5.06. The van der Waals surface area contributed by atoms with Gasteiger partial charge in [-0.2, -0.15) is 0 Å². The highest BCUT2D eigenvalue weighted by molar-refractivity contribution is 5.05. The van der Waals surface area contributed by atoms with Crippen molar-refractivity contribution in [1.29, 1.82) is 0 Å². The van der Waals surface area contributed by atoms with Crippen molar-refractivity contribution in [3.8, 4) is 0 Å². The lowest BCUT2D eigenvalue weighted by molar-refractivity contribution is -0.481. The Hall–Kier alpha value is -0.240. The molecule has 6 nitrogen and oxygen atoms in total. The third-order valence-electron chi connectivity index (χ3n) is 2.82. The maximum atomic E-state index is 9.54. The summed E-state index contributed by atoms with van der Waals surface area (Å²) in [4.78, 5) is 0. The van der Waals surface area contributed by atoms with Gasteiger partial charge in [0.15, 0.2) is 0 Å². The SMILES string of the molecule is OC1C2OC3O[C@H]1C(O)[C@H](O3)[C@H]2O. The summed E-state index contributed by atoms with van der Waals surface area (Å²) in [5.74, 6) is 0. The molecule has 4 aliphatic rings. The number of aliphatic hydroxyl groups excluding tert-OH is 3. The van der Waals surface area contributed by atoms with Crippen molar-refractivity contribution in [3.05, 3.63) is 0 Å². The van der Waals surface area contributed by atoms with Gasteiger partial charge in [0.05, 0.1) is 0 Å². The lowest BCUT2D eigenvalue weighted by Gasteiger charge is -2.55. The Morgan fingerprint density at radius 1 is 0.615 bits per heavy atom. The van der Waals surface area contributed by atoms with Gasteiger partial charge in [-0.1, -0.05) is 0 Å². The van der Waals surface area contributed by atoms with E-state index in [-0.39, 0.29) is 0 Å². The van der Waals surface area contributed by atoms with E-state index in [0.717, 1.165) is 0 Å². The predicted molar refractivity (Wildman–Crippen MR) is 36.4 cm³/mol. The second-order valence-electron chi connectivity index (χ2n) is 3.56. The molecular formula is C7H10O6. The zero-order chi connectivity index (χ0) is 9.16. The van der Waals surface area contributed by atoms with Crippen LogP contribution in [0.1, 0.15) is 0 Å². The topological polar surface area (TPSA) is 88.4 Å². The van der Waals surface area contributed by atoms with Crippen LogP contribution in [0.3, 0.4) is 0 Å². The molecule has 3 heterocycles. The summed E-state index contributed by atoms with van der Waals surface area (Å²) >= 11 is 0. The van der Waals surface area contributed by atoms with Gasteiger partial charge in [-0.15, -0.1) is 0 Å². The van der Waals surface area contributed by atoms with Crippen LogP contribution in [0.4, 0.5) is 0 Å². The molecule has 0 unspecified atom stereocenters. The van der Waals surface area contributed by atoms with Gasteiger partial charge in [-0.05, 0) is 0 Å². The van der Waals surface area contributed by atoms with Gasteiger partial charge >= 0.3 is 0 Å². The van der Waals surface area contributed by atoms with E-state index in [4.69, 9.17) is 14.2 Å². The Labute approximate surface area is 73.6 Å². The second kappa shape index (κ2) is 2.41. The van der Waals surface area contributed by atoms with Crippen LogP contribution >= 0.6 is 0 Å². The van der Waals surface area contributed by atoms with Crippen LogP contribution in [0.2, 0.25) is 0 Å². The monoisotopic (exact) mass is 190 g/mol. The average Bonchev–Trinajstić information content (AvgIpc) is 2.12. The molecule has 4 bridgehead atoms. The van der Waals surface area contributed by atoms with E-state index in [1.165, 1.54) is 0 Å². The van der Waals surface area contributed by atoms with Crippen LogP contribution in [-0.4, -0.2) is 58.4 Å². The van der Waals surface area contributed by atoms with E-state index in [1.807, 2.05) is 0 Å². The first-order chi connectivity index (χ1) is 6.18. The van der Waals surface area contributed by atoms with Crippen molar-refractivity contribution >= 4 is 0 Å². The minimum atomic E-state index is -0.985. The molecule has 0 atom stereocenters. The minimum absolute atomic E-state index is 0.703. The maximum Gasteiger partial charge on any atom is 0.272 e. The zero-order valence-electron chi connectivity index (χ0n) is 6.61. The van der Waals surface area contributed by atoms with Gasteiger partial charge < -0.3 is 29.5 Å². The molecule has 0 radical (unpaired) electrons. The van der Waals surface area contributed by atoms with Crippen LogP contribution in [0.5, 0.6) is 0 Å². The number of hydrogen-bond acceptors (Lipinski definition) is 6. The normalized spacial score (nSPS) is 64.4. The molecule has 0 aromatic heterocycles. The van der Waals surface area contributed by atoms with Crippen molar-refractivity contribution < 1.29 is 29.5 Å². The Morgan fingerprint density at radius 2 is 0.923 bits per heavy atom. The lowest BCUT2D eigenvalue weighted by Crippen LogP contribution is -2.75. The molecule has 4 fully saturated rings. The van der Waals surface area contributed by atoms with Gasteiger partial charge in [0.25, 0.3) is 6.48 Å². The average molecular weight is 190 g/mol. The number of ether oxygens (including phenoxy) is 3. The summed E-state index contributed by atoms with van der Waals surface area (Å²) in [6.45, 7) is -0.852. The molecule has 74 valence electrons. The fourth-order valence-electron chi connectivity index (χ4n) is 2.13. The molecule has 0 aromatic carbocycles. The van der Waals surface area contributed by atoms with Crippen LogP contribution < -0.4 is 0 Å². The molecule has 4 rings (SSSR count). The first-order valence-corrected chi connectivity index (χ1v) is 4.19. The van der Waals surface area contributed by atoms with Crippen molar-refractivity contribution in [2.45, 2.75) is 43.1 Å². The molecule has 13 heavy (non-hydrogen) atoms. The molecule has 6 heteroatoms. The van der Waals surface area contributed by atoms with Crippen molar-refractivity contribution in [3.63, 3.8) is 0 Å². The van der Waals surface area contributed by atoms with E-state index in [0.29, 0.717) is 0 Å². The third kappa shape index (κ3) is 0.876. The summed E-state index contributed by atoms with van der Waals surface area (Å²) in [5, 5.41) is 28.6. The predicted octanol–water partition coefficient (Wildman–Crippen LogP) is -2.45. The fourth-order valence-corrected chi connectivity index (χ4v) is 2.13. The van der Waals surface area contributed by atoms with Crippen LogP contribution in [0.25, 0.3) is 0 Å². The Morgan fingerprint density at radius 3 is 1.23 bits per heavy atom. The fraction of sp³-hybridized carbons (Fsp3) is 1.00. The minimum Gasteiger partial charge on any atom is -0.387 e. The highest BCUT2D eigenvalue weighted by Crippen LogP contribution is 2.39. The first-order valence-electron chi connectivity index (χ1n) is 4.19. The van der Waals surface area contributed by atoms with Crippen LogP contribution in [-0.2, 0) is 14.2 Å². The summed E-state index contributed by atoms with van der Waals surface area (Å²) in [6, 6.07) is 0. The Balaban J connectivity index is 1.97. The Bertz CT molecular complexity index is 183. The van der Waals surface area contributed by atoms with E-state index in [1.54, 1.807) is 0 Å². The van der Waals surface area contributed by atoms with E-state index in [9.17, 15) is 15.3 Å². The number of hydrogen-bond donors (Lipinski definition) is 3. The first kappa shape index (κ1) is 8.10. The van der Waals surface area contributed by atoms with Crippen molar-refractivity contribution in [2.24, 2.45) is 0 Å². The van der Waals surface area contributed by atoms with Gasteiger partial charge in [-0.3, -0.25) is 0 Å². The summed E-state index contributed by atoms with van der Waals surface area (Å²) in [7, 11) is 0. The molecule has 1 saturated carbocycles. The molecule has 0 aromatic rings. The molecule has 3 aliphatic heterocycles. The zero-order valence-corrected chi connectivity index (χ0v) is 6.61. The molecule has 3 N–H and O–H groups in total. The quantitative estimate of drug-likeness (QED) is 0.393. The summed E-state index contributed by atoms with van der Waals surface area (Å²) in [5.41, 5.74) is 0. The summed E-state index contributed by atoms with van der Waals surface area (Å²) < 4.78 is 15.1. The smallest absolute Gasteiger partial charge is 0.272 e.